The summed E-state index contributed by atoms with van der Waals surface area (Å²) >= 11 is 0. The van der Waals surface area contributed by atoms with Crippen LogP contribution in [0.25, 0.3) is 19.9 Å². The fourth-order valence-corrected chi connectivity index (χ4v) is 22.3. The molecule has 4 aromatic rings. The number of nitriles is 4. The number of allylic oxidation sites excluding steroid dienone is 4. The summed E-state index contributed by atoms with van der Waals surface area (Å²) in [4.78, 5) is 8.89. The van der Waals surface area contributed by atoms with E-state index < -0.39 is 32.9 Å². The van der Waals surface area contributed by atoms with Crippen LogP contribution in [-0.4, -0.2) is 44.4 Å². The van der Waals surface area contributed by atoms with E-state index in [-0.39, 0.29) is 39.0 Å². The Morgan fingerprint density at radius 3 is 0.894 bits per heavy atom. The van der Waals surface area contributed by atoms with E-state index in [1.807, 2.05) is 88.4 Å². The van der Waals surface area contributed by atoms with Crippen molar-refractivity contribution in [1.82, 2.24) is 0 Å². The number of hydrogen-bond donors (Lipinski definition) is 0. The molecule has 0 aromatic heterocycles. The molecule has 16 heteroatoms. The van der Waals surface area contributed by atoms with E-state index in [0.29, 0.717) is 45.0 Å². The Morgan fingerprint density at radius 1 is 0.409 bits per heavy atom. The molecule has 0 bridgehead atoms. The van der Waals surface area contributed by atoms with Gasteiger partial charge in [-0.05, 0) is 50.2 Å². The van der Waals surface area contributed by atoms with Crippen molar-refractivity contribution in [1.29, 1.82) is 21.0 Å². The summed E-state index contributed by atoms with van der Waals surface area (Å²) in [6.07, 6.45) is 3.64. The van der Waals surface area contributed by atoms with Gasteiger partial charge in [0.2, 0.25) is 0 Å². The maximum atomic E-state index is 9.08. The number of para-hydroxylation sites is 4. The molecule has 0 aliphatic carbocycles. The molecule has 0 spiro atoms. The van der Waals surface area contributed by atoms with Crippen LogP contribution in [0.15, 0.2) is 131 Å². The van der Waals surface area contributed by atoms with E-state index in [4.69, 9.17) is 30.3 Å². The van der Waals surface area contributed by atoms with Crippen molar-refractivity contribution >= 4 is 67.1 Å². The van der Waals surface area contributed by atoms with Gasteiger partial charge in [-0.3, -0.25) is 9.98 Å². The SMILES string of the molecule is CC(/C=C(/C)[N-]c1ccccc1C#N)=Nc1ccccc1C#N.CC(/C=C(/C)[N-]c1ccccc1C#N)=Nc1ccccc1C#N.C[Si](C)(C)[N-][Si](C)(C)C.C[Si](C)(C)[N-][Si](C)(C)C.[Zn+2].[Zn+2]. The average molecular weight is 1050 g/mol. The zero-order valence-corrected chi connectivity index (χ0v) is 52.2. The summed E-state index contributed by atoms with van der Waals surface area (Å²) in [7, 11) is -4.42. The topological polar surface area (TPSA) is 176 Å². The van der Waals surface area contributed by atoms with E-state index in [1.54, 1.807) is 48.5 Å². The van der Waals surface area contributed by atoms with E-state index >= 15 is 0 Å². The van der Waals surface area contributed by atoms with Gasteiger partial charge in [-0.15, -0.1) is 11.4 Å². The minimum absolute atomic E-state index is 0. The molecule has 0 fully saturated rings. The van der Waals surface area contributed by atoms with Gasteiger partial charge in [-0.25, -0.2) is 0 Å². The average Bonchev–Trinajstić information content (AvgIpc) is 3.16. The van der Waals surface area contributed by atoms with Crippen LogP contribution in [-0.2, 0) is 39.0 Å². The van der Waals surface area contributed by atoms with Crippen LogP contribution in [0.4, 0.5) is 22.7 Å². The van der Waals surface area contributed by atoms with Gasteiger partial charge in [-0.2, -0.15) is 32.4 Å². The van der Waals surface area contributed by atoms with Gasteiger partial charge in [0, 0.05) is 22.6 Å². The molecule has 10 nitrogen and oxygen atoms in total. The summed E-state index contributed by atoms with van der Waals surface area (Å²) in [6.45, 7) is 35.0. The predicted molar refractivity (Wildman–Crippen MR) is 284 cm³/mol. The molecule has 66 heavy (non-hydrogen) atoms. The maximum Gasteiger partial charge on any atom is 2.00 e. The second kappa shape index (κ2) is 30.6. The molecule has 0 radical (unpaired) electrons. The zero-order valence-electron chi connectivity index (χ0n) is 42.3. The third-order valence-corrected chi connectivity index (χ3v) is 18.2. The molecule has 0 saturated heterocycles. The molecule has 4 aromatic carbocycles. The van der Waals surface area contributed by atoms with Crippen molar-refractivity contribution < 1.29 is 39.0 Å². The van der Waals surface area contributed by atoms with Crippen molar-refractivity contribution in [2.75, 3.05) is 0 Å². The van der Waals surface area contributed by atoms with Crippen molar-refractivity contribution in [2.24, 2.45) is 9.98 Å². The molecule has 0 saturated carbocycles. The minimum Gasteiger partial charge on any atom is -0.668 e. The summed E-state index contributed by atoms with van der Waals surface area (Å²) in [6, 6.07) is 37.2. The smallest absolute Gasteiger partial charge is 0.668 e. The maximum absolute atomic E-state index is 9.08. The van der Waals surface area contributed by atoms with Gasteiger partial charge >= 0.3 is 39.0 Å². The first kappa shape index (κ1) is 63.4. The Balaban J connectivity index is 0. The molecule has 336 valence electrons. The predicted octanol–water partition coefficient (Wildman–Crippen LogP) is 16.3. The van der Waals surface area contributed by atoms with E-state index in [9.17, 15) is 0 Å². The number of benzene rings is 4. The molecule has 0 amide bonds. The monoisotopic (exact) mass is 1050 g/mol. The van der Waals surface area contributed by atoms with Crippen molar-refractivity contribution in [2.45, 2.75) is 106 Å². The molecule has 4 rings (SSSR count). The number of nitrogens with zero attached hydrogens (tertiary/aromatic N) is 10. The Labute approximate surface area is 427 Å². The van der Waals surface area contributed by atoms with Gasteiger partial charge in [0.05, 0.1) is 34.6 Å². The molecule has 0 heterocycles. The summed E-state index contributed by atoms with van der Waals surface area (Å²) in [5.41, 5.74) is 7.62. The molecule has 0 atom stereocenters. The van der Waals surface area contributed by atoms with Gasteiger partial charge in [0.1, 0.15) is 12.1 Å². The molecule has 0 aliphatic heterocycles. The summed E-state index contributed by atoms with van der Waals surface area (Å²) in [5, 5.41) is 45.2. The molecule has 0 N–H and O–H groups in total. The van der Waals surface area contributed by atoms with Crippen LogP contribution in [0.2, 0.25) is 78.6 Å². The molecular weight excluding hydrogens is 984 g/mol. The Kier molecular flexibility index (Phi) is 29.3. The van der Waals surface area contributed by atoms with Crippen molar-refractivity contribution in [3.8, 4) is 24.3 Å². The third kappa shape index (κ3) is 29.0. The molecule has 0 unspecified atom stereocenters. The van der Waals surface area contributed by atoms with Gasteiger partial charge in [0.25, 0.3) is 0 Å². The second-order valence-corrected chi connectivity index (χ2v) is 37.9. The number of aliphatic imine (C=N–C) groups is 2. The van der Waals surface area contributed by atoms with Crippen molar-refractivity contribution in [3.05, 3.63) is 163 Å². The third-order valence-electron chi connectivity index (χ3n) is 7.46. The van der Waals surface area contributed by atoms with Gasteiger partial charge in [0.15, 0.2) is 0 Å². The van der Waals surface area contributed by atoms with Crippen LogP contribution in [0, 0.1) is 45.3 Å². The van der Waals surface area contributed by atoms with E-state index in [1.165, 1.54) is 0 Å². The van der Waals surface area contributed by atoms with Crippen LogP contribution >= 0.6 is 0 Å². The molecular formula is C50H66N10Si4Zn2. The van der Waals surface area contributed by atoms with Gasteiger partial charge in [-0.1, -0.05) is 198 Å². The first-order valence-corrected chi connectivity index (χ1v) is 34.8. The first-order valence-electron chi connectivity index (χ1n) is 21.0. The minimum atomic E-state index is -1.11. The van der Waals surface area contributed by atoms with Crippen LogP contribution in [0.3, 0.4) is 0 Å². The fourth-order valence-electron chi connectivity index (χ4n) is 6.17. The standard InChI is InChI=1S/2C19H15N4.2C6H18NSi2.2Zn/c2*1-14(22-18-9-5-3-7-16(18)12-20)11-15(2)23-19-10-6-4-8-17(19)13-21;2*1-8(2,3)7-9(4,5)6;;/h2*3-11H,1-2H3;2*1-6H3;;/q4*-1;2*+2/b2*14-11-,23-15?;;;;. The van der Waals surface area contributed by atoms with E-state index in [0.717, 1.165) is 22.8 Å². The first-order chi connectivity index (χ1) is 29.7. The van der Waals surface area contributed by atoms with Crippen LogP contribution in [0.5, 0.6) is 0 Å². The fraction of sp³-hybridized carbons (Fsp3) is 0.320. The number of rotatable bonds is 12. The normalized spacial score (nSPS) is 11.8. The zero-order chi connectivity index (χ0) is 48.7. The molecule has 0 aliphatic rings. The number of hydrogen-bond acceptors (Lipinski definition) is 6. The summed E-state index contributed by atoms with van der Waals surface area (Å²) in [5.74, 6) is 0. The Hall–Kier alpha value is -4.71. The van der Waals surface area contributed by atoms with Crippen molar-refractivity contribution in [3.63, 3.8) is 0 Å². The quantitative estimate of drug-likeness (QED) is 0.101. The van der Waals surface area contributed by atoms with E-state index in [2.05, 4.69) is 123 Å². The Morgan fingerprint density at radius 2 is 0.652 bits per heavy atom. The Bertz CT molecular complexity index is 2250. The van der Waals surface area contributed by atoms with Crippen LogP contribution in [0.1, 0.15) is 49.9 Å². The largest absolute Gasteiger partial charge is 2.00 e. The van der Waals surface area contributed by atoms with Crippen LogP contribution < -0.4 is 0 Å². The van der Waals surface area contributed by atoms with Gasteiger partial charge < -0.3 is 19.9 Å². The summed E-state index contributed by atoms with van der Waals surface area (Å²) < 4.78 is 9.64. The second-order valence-electron chi connectivity index (χ2n) is 18.7.